The van der Waals surface area contributed by atoms with Crippen molar-refractivity contribution in [3.8, 4) is 5.75 Å². The molecule has 1 fully saturated rings. The second-order valence-electron chi connectivity index (χ2n) is 6.91. The van der Waals surface area contributed by atoms with E-state index in [2.05, 4.69) is 0 Å². The molecule has 148 valence electrons. The van der Waals surface area contributed by atoms with Gasteiger partial charge in [-0.15, -0.1) is 0 Å². The van der Waals surface area contributed by atoms with Gasteiger partial charge in [-0.05, 0) is 36.2 Å². The van der Waals surface area contributed by atoms with Crippen molar-refractivity contribution < 1.29 is 28.6 Å². The molecule has 1 N–H and O–H groups in total. The highest BCUT2D eigenvalue weighted by Gasteiger charge is 2.46. The smallest absolute Gasteiger partial charge is 0.313 e. The average molecular weight is 387 g/mol. The van der Waals surface area contributed by atoms with Crippen LogP contribution in [0, 0.1) is 11.2 Å². The molecule has 1 saturated heterocycles. The first-order chi connectivity index (χ1) is 13.4. The third kappa shape index (κ3) is 4.14. The third-order valence-electron chi connectivity index (χ3n) is 4.94. The molecule has 0 bridgehead atoms. The van der Waals surface area contributed by atoms with E-state index in [0.717, 1.165) is 5.56 Å². The number of para-hydroxylation sites is 1. The van der Waals surface area contributed by atoms with Crippen molar-refractivity contribution in [3.63, 3.8) is 0 Å². The molecule has 1 aliphatic heterocycles. The number of aliphatic carboxylic acids is 1. The molecule has 28 heavy (non-hydrogen) atoms. The summed E-state index contributed by atoms with van der Waals surface area (Å²) < 4.78 is 23.9. The zero-order valence-corrected chi connectivity index (χ0v) is 15.6. The van der Waals surface area contributed by atoms with Crippen molar-refractivity contribution in [3.05, 3.63) is 65.5 Å². The van der Waals surface area contributed by atoms with Crippen LogP contribution < -0.4 is 4.74 Å². The second-order valence-corrected chi connectivity index (χ2v) is 6.91. The summed E-state index contributed by atoms with van der Waals surface area (Å²) in [5, 5.41) is 9.58. The highest BCUT2D eigenvalue weighted by Crippen LogP contribution is 2.33. The largest absolute Gasteiger partial charge is 0.488 e. The molecule has 0 spiro atoms. The summed E-state index contributed by atoms with van der Waals surface area (Å²) in [7, 11) is 1.45. The Hall–Kier alpha value is -2.93. The van der Waals surface area contributed by atoms with Crippen LogP contribution in [0.5, 0.6) is 5.75 Å². The summed E-state index contributed by atoms with van der Waals surface area (Å²) in [6.45, 7) is 0.657. The summed E-state index contributed by atoms with van der Waals surface area (Å²) >= 11 is 0. The zero-order valence-electron chi connectivity index (χ0n) is 15.6. The highest BCUT2D eigenvalue weighted by molar-refractivity contribution is 5.97. The van der Waals surface area contributed by atoms with Crippen molar-refractivity contribution >= 4 is 11.9 Å². The number of benzene rings is 2. The Kier molecular flexibility index (Phi) is 5.94. The van der Waals surface area contributed by atoms with Gasteiger partial charge in [0.1, 0.15) is 23.6 Å². The number of carbonyl (C=O) groups is 2. The van der Waals surface area contributed by atoms with E-state index in [4.69, 9.17) is 9.47 Å². The minimum Gasteiger partial charge on any atom is -0.488 e. The molecule has 1 atom stereocenters. The van der Waals surface area contributed by atoms with E-state index < -0.39 is 11.4 Å². The first-order valence-corrected chi connectivity index (χ1v) is 8.93. The molecule has 1 heterocycles. The van der Waals surface area contributed by atoms with Gasteiger partial charge in [0, 0.05) is 20.2 Å². The van der Waals surface area contributed by atoms with Gasteiger partial charge in [0.05, 0.1) is 12.2 Å². The molecule has 1 amide bonds. The topological polar surface area (TPSA) is 76.1 Å². The van der Waals surface area contributed by atoms with E-state index in [1.165, 1.54) is 24.1 Å². The summed E-state index contributed by atoms with van der Waals surface area (Å²) in [4.78, 5) is 26.2. The van der Waals surface area contributed by atoms with Crippen molar-refractivity contribution in [1.82, 2.24) is 4.90 Å². The van der Waals surface area contributed by atoms with Crippen LogP contribution in [0.25, 0.3) is 0 Å². The van der Waals surface area contributed by atoms with Crippen LogP contribution in [-0.2, 0) is 16.1 Å². The number of halogens is 1. The number of methoxy groups -OCH3 is 1. The molecule has 3 rings (SSSR count). The SMILES string of the molecule is COCC1(C(=O)O)CCN(C(=O)c2ccccc2OCc2ccc(F)cc2)C1. The van der Waals surface area contributed by atoms with Gasteiger partial charge in [0.15, 0.2) is 0 Å². The number of nitrogens with zero attached hydrogens (tertiary/aromatic N) is 1. The van der Waals surface area contributed by atoms with Gasteiger partial charge in [-0.2, -0.15) is 0 Å². The minimum absolute atomic E-state index is 0.0504. The summed E-state index contributed by atoms with van der Waals surface area (Å²) in [6.07, 6.45) is 0.334. The molecule has 0 aliphatic carbocycles. The molecular weight excluding hydrogens is 365 g/mol. The monoisotopic (exact) mass is 387 g/mol. The molecule has 6 nitrogen and oxygen atoms in total. The second kappa shape index (κ2) is 8.39. The Bertz CT molecular complexity index is 854. The van der Waals surface area contributed by atoms with Crippen molar-refractivity contribution in [2.24, 2.45) is 5.41 Å². The molecule has 2 aromatic carbocycles. The van der Waals surface area contributed by atoms with Crippen LogP contribution in [-0.4, -0.2) is 48.7 Å². The Morgan fingerprint density at radius 2 is 1.89 bits per heavy atom. The Balaban J connectivity index is 1.74. The maximum Gasteiger partial charge on any atom is 0.313 e. The van der Waals surface area contributed by atoms with Crippen LogP contribution in [0.3, 0.4) is 0 Å². The van der Waals surface area contributed by atoms with Crippen molar-refractivity contribution in [2.75, 3.05) is 26.8 Å². The Labute approximate surface area is 162 Å². The van der Waals surface area contributed by atoms with Crippen LogP contribution >= 0.6 is 0 Å². The van der Waals surface area contributed by atoms with E-state index in [0.29, 0.717) is 24.3 Å². The highest BCUT2D eigenvalue weighted by atomic mass is 19.1. The number of rotatable bonds is 7. The third-order valence-corrected chi connectivity index (χ3v) is 4.94. The molecule has 0 aromatic heterocycles. The van der Waals surface area contributed by atoms with Crippen molar-refractivity contribution in [1.29, 1.82) is 0 Å². The van der Waals surface area contributed by atoms with Gasteiger partial charge in [0.25, 0.3) is 5.91 Å². The molecule has 0 radical (unpaired) electrons. The normalized spacial score (nSPS) is 18.9. The van der Waals surface area contributed by atoms with Gasteiger partial charge < -0.3 is 19.5 Å². The fourth-order valence-corrected chi connectivity index (χ4v) is 3.36. The number of carbonyl (C=O) groups excluding carboxylic acids is 1. The minimum atomic E-state index is -1.09. The number of carboxylic acid groups (broad SMARTS) is 1. The van der Waals surface area contributed by atoms with Gasteiger partial charge in [0.2, 0.25) is 0 Å². The first kappa shape index (κ1) is 19.8. The lowest BCUT2D eigenvalue weighted by Gasteiger charge is -2.24. The number of hydrogen-bond donors (Lipinski definition) is 1. The molecule has 7 heteroatoms. The molecule has 2 aromatic rings. The number of carboxylic acids is 1. The molecule has 1 aliphatic rings. The Morgan fingerprint density at radius 1 is 1.18 bits per heavy atom. The van der Waals surface area contributed by atoms with Gasteiger partial charge >= 0.3 is 5.97 Å². The lowest BCUT2D eigenvalue weighted by Crippen LogP contribution is -2.40. The van der Waals surface area contributed by atoms with E-state index in [-0.39, 0.29) is 31.5 Å². The fourth-order valence-electron chi connectivity index (χ4n) is 3.36. The zero-order chi connectivity index (χ0) is 20.1. The first-order valence-electron chi connectivity index (χ1n) is 8.93. The number of amides is 1. The number of hydrogen-bond acceptors (Lipinski definition) is 4. The van der Waals surface area contributed by atoms with Crippen LogP contribution in [0.15, 0.2) is 48.5 Å². The molecule has 1 unspecified atom stereocenters. The predicted molar refractivity (Wildman–Crippen MR) is 99.6 cm³/mol. The molecular formula is C21H22FNO5. The lowest BCUT2D eigenvalue weighted by atomic mass is 9.88. The standard InChI is InChI=1S/C21H22FNO5/c1-27-14-21(20(25)26)10-11-23(13-21)19(24)17-4-2-3-5-18(17)28-12-15-6-8-16(22)9-7-15/h2-9H,10-14H2,1H3,(H,25,26). The van der Waals surface area contributed by atoms with Crippen LogP contribution in [0.2, 0.25) is 0 Å². The van der Waals surface area contributed by atoms with E-state index >= 15 is 0 Å². The summed E-state index contributed by atoms with van der Waals surface area (Å²) in [5.41, 5.74) is 0.0481. The quantitative estimate of drug-likeness (QED) is 0.791. The van der Waals surface area contributed by atoms with E-state index in [1.807, 2.05) is 0 Å². The van der Waals surface area contributed by atoms with Crippen LogP contribution in [0.1, 0.15) is 22.3 Å². The maximum absolute atomic E-state index is 13.0. The maximum atomic E-state index is 13.0. The van der Waals surface area contributed by atoms with Crippen LogP contribution in [0.4, 0.5) is 4.39 Å². The predicted octanol–water partition coefficient (Wildman–Crippen LogP) is 2.97. The van der Waals surface area contributed by atoms with Gasteiger partial charge in [-0.1, -0.05) is 24.3 Å². The lowest BCUT2D eigenvalue weighted by molar-refractivity contribution is -0.151. The van der Waals surface area contributed by atoms with Crippen molar-refractivity contribution in [2.45, 2.75) is 13.0 Å². The fraction of sp³-hybridized carbons (Fsp3) is 0.333. The van der Waals surface area contributed by atoms with Gasteiger partial charge in [-0.3, -0.25) is 9.59 Å². The molecule has 0 saturated carbocycles. The van der Waals surface area contributed by atoms with E-state index in [9.17, 15) is 19.1 Å². The van der Waals surface area contributed by atoms with E-state index in [1.54, 1.807) is 36.4 Å². The Morgan fingerprint density at radius 3 is 2.57 bits per heavy atom. The summed E-state index contributed by atoms with van der Waals surface area (Å²) in [6, 6.07) is 12.8. The number of ether oxygens (including phenoxy) is 2. The number of likely N-dealkylation sites (tertiary alicyclic amines) is 1. The average Bonchev–Trinajstić information content (AvgIpc) is 3.13. The summed E-state index contributed by atoms with van der Waals surface area (Å²) in [5.74, 6) is -1.18. The van der Waals surface area contributed by atoms with Gasteiger partial charge in [-0.25, -0.2) is 4.39 Å².